The number of rotatable bonds is 2. The highest BCUT2D eigenvalue weighted by Gasteiger charge is 2.10. The number of nitrogens with zero attached hydrogens (tertiary/aromatic N) is 1. The van der Waals surface area contributed by atoms with Crippen molar-refractivity contribution in [1.29, 1.82) is 0 Å². The summed E-state index contributed by atoms with van der Waals surface area (Å²) < 4.78 is 13.1. The molecule has 4 rings (SSSR count). The van der Waals surface area contributed by atoms with Crippen LogP contribution in [0.25, 0.3) is 23.1 Å². The Balaban J connectivity index is 1.78. The van der Waals surface area contributed by atoms with Gasteiger partial charge in [-0.1, -0.05) is 11.8 Å². The van der Waals surface area contributed by atoms with Crippen LogP contribution in [0.3, 0.4) is 0 Å². The Kier molecular flexibility index (Phi) is 4.39. The highest BCUT2D eigenvalue weighted by Crippen LogP contribution is 2.22. The van der Waals surface area contributed by atoms with Crippen LogP contribution < -0.4 is 10.2 Å². The van der Waals surface area contributed by atoms with Crippen molar-refractivity contribution in [3.63, 3.8) is 0 Å². The molecule has 128 valence electrons. The molecular formula is C22H18NO3+. The summed E-state index contributed by atoms with van der Waals surface area (Å²) in [5.41, 5.74) is 3.57. The van der Waals surface area contributed by atoms with Gasteiger partial charge in [0.15, 0.2) is 6.20 Å². The van der Waals surface area contributed by atoms with Crippen molar-refractivity contribution >= 4 is 23.1 Å². The third-order valence-corrected chi connectivity index (χ3v) is 4.37. The van der Waals surface area contributed by atoms with Crippen LogP contribution in [0.15, 0.2) is 51.8 Å². The summed E-state index contributed by atoms with van der Waals surface area (Å²) in [6, 6.07) is 11.6. The van der Waals surface area contributed by atoms with Crippen LogP contribution >= 0.6 is 0 Å². The molecule has 1 aromatic carbocycles. The normalized spacial score (nSPS) is 13.7. The average molecular weight is 344 g/mol. The van der Waals surface area contributed by atoms with Crippen LogP contribution in [0.5, 0.6) is 0 Å². The number of pyridine rings is 1. The van der Waals surface area contributed by atoms with Gasteiger partial charge >= 0.3 is 5.63 Å². The predicted molar refractivity (Wildman–Crippen MR) is 100 cm³/mol. The number of aromatic nitrogens is 1. The van der Waals surface area contributed by atoms with E-state index in [0.717, 1.165) is 22.2 Å². The summed E-state index contributed by atoms with van der Waals surface area (Å²) in [5.74, 6) is 6.21. The molecule has 0 radical (unpaired) electrons. The standard InChI is InChI=1S/C22H18NO3/c1-23-10-4-2-7-20(23)9-8-17-12-18-13-19-15-25-11-5-3-6-16(19)14-21(18)26-22(17)24/h2,4,7-10,12-14H,5,11,15H2,1H3/q+1. The Labute approximate surface area is 151 Å². The highest BCUT2D eigenvalue weighted by atomic mass is 16.5. The summed E-state index contributed by atoms with van der Waals surface area (Å²) in [5, 5.41) is 0.867. The zero-order valence-corrected chi connectivity index (χ0v) is 14.5. The molecule has 0 bridgehead atoms. The number of ether oxygens (including phenoxy) is 1. The topological polar surface area (TPSA) is 43.3 Å². The Hall–Kier alpha value is -3.16. The summed E-state index contributed by atoms with van der Waals surface area (Å²) >= 11 is 0. The first-order valence-corrected chi connectivity index (χ1v) is 8.51. The predicted octanol–water partition coefficient (Wildman–Crippen LogP) is 3.06. The van der Waals surface area contributed by atoms with Crippen LogP contribution in [0.4, 0.5) is 0 Å². The fourth-order valence-corrected chi connectivity index (χ4v) is 2.93. The van der Waals surface area contributed by atoms with Gasteiger partial charge in [-0.05, 0) is 35.9 Å². The lowest BCUT2D eigenvalue weighted by Gasteiger charge is -2.09. The first-order valence-electron chi connectivity index (χ1n) is 8.51. The number of hydrogen-bond acceptors (Lipinski definition) is 3. The van der Waals surface area contributed by atoms with Gasteiger partial charge in [-0.15, -0.1) is 0 Å². The zero-order chi connectivity index (χ0) is 17.9. The summed E-state index contributed by atoms with van der Waals surface area (Å²) in [4.78, 5) is 12.3. The SMILES string of the molecule is C[n+]1ccccc1C=Cc1cc2cc3c(cc2oc1=O)C#CCCOC3. The lowest BCUT2D eigenvalue weighted by atomic mass is 10.0. The summed E-state index contributed by atoms with van der Waals surface area (Å²) in [6.07, 6.45) is 6.36. The molecule has 4 nitrogen and oxygen atoms in total. The second-order valence-electron chi connectivity index (χ2n) is 6.21. The third kappa shape index (κ3) is 3.30. The molecule has 0 amide bonds. The molecule has 1 aliphatic heterocycles. The van der Waals surface area contributed by atoms with E-state index in [1.807, 2.05) is 60.3 Å². The molecule has 4 heteroatoms. The maximum Gasteiger partial charge on any atom is 0.343 e. The summed E-state index contributed by atoms with van der Waals surface area (Å²) in [7, 11) is 1.96. The van der Waals surface area contributed by atoms with Crippen molar-refractivity contribution in [3.05, 3.63) is 75.4 Å². The Morgan fingerprint density at radius 1 is 1.19 bits per heavy atom. The van der Waals surface area contributed by atoms with E-state index in [2.05, 4.69) is 11.8 Å². The van der Waals surface area contributed by atoms with Gasteiger partial charge in [0, 0.05) is 35.6 Å². The molecule has 0 saturated heterocycles. The van der Waals surface area contributed by atoms with E-state index in [1.165, 1.54) is 0 Å². The molecule has 3 aromatic rings. The van der Waals surface area contributed by atoms with Crippen molar-refractivity contribution in [3.8, 4) is 11.8 Å². The van der Waals surface area contributed by atoms with Gasteiger partial charge in [-0.25, -0.2) is 9.36 Å². The fraction of sp³-hybridized carbons (Fsp3) is 0.182. The molecule has 0 fully saturated rings. The summed E-state index contributed by atoms with van der Waals surface area (Å²) in [6.45, 7) is 1.15. The minimum absolute atomic E-state index is 0.359. The van der Waals surface area contributed by atoms with Crippen LogP contribution in [0, 0.1) is 11.8 Å². The molecule has 0 aliphatic carbocycles. The van der Waals surface area contributed by atoms with E-state index in [-0.39, 0.29) is 5.63 Å². The number of hydrogen-bond donors (Lipinski definition) is 0. The largest absolute Gasteiger partial charge is 0.422 e. The van der Waals surface area contributed by atoms with Gasteiger partial charge in [0.1, 0.15) is 12.6 Å². The van der Waals surface area contributed by atoms with Crippen molar-refractivity contribution in [2.45, 2.75) is 13.0 Å². The fourth-order valence-electron chi connectivity index (χ4n) is 2.93. The van der Waals surface area contributed by atoms with Crippen molar-refractivity contribution in [2.75, 3.05) is 6.61 Å². The molecule has 0 spiro atoms. The Morgan fingerprint density at radius 2 is 2.12 bits per heavy atom. The maximum absolute atomic E-state index is 12.3. The van der Waals surface area contributed by atoms with Gasteiger partial charge in [0.2, 0.25) is 5.69 Å². The molecule has 0 N–H and O–H groups in total. The highest BCUT2D eigenvalue weighted by molar-refractivity contribution is 5.82. The number of fused-ring (bicyclic) bond motifs is 2. The number of aryl methyl sites for hydroxylation is 1. The average Bonchev–Trinajstić information content (AvgIpc) is 2.61. The first kappa shape index (κ1) is 16.3. The van der Waals surface area contributed by atoms with Gasteiger partial charge < -0.3 is 9.15 Å². The molecule has 1 aliphatic rings. The van der Waals surface area contributed by atoms with Crippen LogP contribution in [0.2, 0.25) is 0 Å². The van der Waals surface area contributed by atoms with Crippen LogP contribution in [-0.4, -0.2) is 6.61 Å². The second-order valence-corrected chi connectivity index (χ2v) is 6.21. The third-order valence-electron chi connectivity index (χ3n) is 4.37. The first-order chi connectivity index (χ1) is 12.7. The molecule has 0 unspecified atom stereocenters. The van der Waals surface area contributed by atoms with E-state index in [4.69, 9.17) is 9.15 Å². The van der Waals surface area contributed by atoms with Gasteiger partial charge in [-0.2, -0.15) is 0 Å². The van der Waals surface area contributed by atoms with Crippen molar-refractivity contribution in [1.82, 2.24) is 0 Å². The van der Waals surface area contributed by atoms with E-state index in [9.17, 15) is 4.79 Å². The lowest BCUT2D eigenvalue weighted by Crippen LogP contribution is -2.30. The van der Waals surface area contributed by atoms with Crippen LogP contribution in [-0.2, 0) is 18.4 Å². The zero-order valence-electron chi connectivity index (χ0n) is 14.5. The maximum atomic E-state index is 12.3. The minimum Gasteiger partial charge on any atom is -0.422 e. The molecule has 26 heavy (non-hydrogen) atoms. The van der Waals surface area contributed by atoms with E-state index in [1.54, 1.807) is 6.08 Å². The minimum atomic E-state index is -0.359. The molecule has 3 heterocycles. The van der Waals surface area contributed by atoms with E-state index < -0.39 is 0 Å². The van der Waals surface area contributed by atoms with Crippen LogP contribution in [0.1, 0.15) is 28.8 Å². The Morgan fingerprint density at radius 3 is 3.00 bits per heavy atom. The molecule has 2 aromatic heterocycles. The quantitative estimate of drug-likeness (QED) is 0.408. The van der Waals surface area contributed by atoms with Gasteiger partial charge in [-0.3, -0.25) is 0 Å². The van der Waals surface area contributed by atoms with Crippen molar-refractivity contribution in [2.24, 2.45) is 7.05 Å². The Bertz CT molecular complexity index is 1130. The van der Waals surface area contributed by atoms with Gasteiger partial charge in [0.25, 0.3) is 0 Å². The second kappa shape index (κ2) is 6.99. The molecular weight excluding hydrogens is 326 g/mol. The van der Waals surface area contributed by atoms with E-state index >= 15 is 0 Å². The molecule has 0 saturated carbocycles. The smallest absolute Gasteiger partial charge is 0.343 e. The monoisotopic (exact) mass is 344 g/mol. The number of benzene rings is 1. The molecule has 0 atom stereocenters. The van der Waals surface area contributed by atoms with Gasteiger partial charge in [0.05, 0.1) is 18.8 Å². The van der Waals surface area contributed by atoms with Crippen molar-refractivity contribution < 1.29 is 13.7 Å². The van der Waals surface area contributed by atoms with E-state index in [0.29, 0.717) is 30.8 Å². The lowest BCUT2D eigenvalue weighted by molar-refractivity contribution is -0.673.